The van der Waals surface area contributed by atoms with Gasteiger partial charge in [0.05, 0.1) is 24.5 Å². The van der Waals surface area contributed by atoms with Crippen LogP contribution in [0.25, 0.3) is 0 Å². The van der Waals surface area contributed by atoms with Gasteiger partial charge in [0.15, 0.2) is 0 Å². The van der Waals surface area contributed by atoms with E-state index in [1.807, 2.05) is 25.1 Å². The number of β-amino-alcohol motifs (C(OH)–C–C–N with tert-alkyl or cyclic N) is 1. The van der Waals surface area contributed by atoms with Gasteiger partial charge in [-0.05, 0) is 31.4 Å². The van der Waals surface area contributed by atoms with Crippen LogP contribution in [0.2, 0.25) is 0 Å². The molecule has 1 fully saturated rings. The van der Waals surface area contributed by atoms with Crippen LogP contribution < -0.4 is 10.6 Å². The predicted octanol–water partition coefficient (Wildman–Crippen LogP) is 1.23. The van der Waals surface area contributed by atoms with Crippen molar-refractivity contribution >= 4 is 23.2 Å². The van der Waals surface area contributed by atoms with Gasteiger partial charge in [0.25, 0.3) is 11.8 Å². The maximum absolute atomic E-state index is 12.2. The molecule has 22 heavy (non-hydrogen) atoms. The molecule has 2 amide bonds. The lowest BCUT2D eigenvalue weighted by molar-refractivity contribution is -0.137. The second-order valence-corrected chi connectivity index (χ2v) is 5.62. The number of hydrogen-bond acceptors (Lipinski definition) is 5. The Hall–Kier alpha value is -2.34. The normalized spacial score (nSPS) is 17.7. The SMILES string of the molecule is Cc1cccc(NC2=CC(=O)N(CCO)C2=O)c1NC1CC1. The second-order valence-electron chi connectivity index (χ2n) is 5.62. The van der Waals surface area contributed by atoms with Crippen LogP contribution in [0, 0.1) is 6.92 Å². The summed E-state index contributed by atoms with van der Waals surface area (Å²) in [6, 6.07) is 6.28. The van der Waals surface area contributed by atoms with Gasteiger partial charge in [-0.15, -0.1) is 0 Å². The molecule has 116 valence electrons. The summed E-state index contributed by atoms with van der Waals surface area (Å²) in [6.07, 6.45) is 3.58. The average Bonchev–Trinajstić information content (AvgIpc) is 3.26. The van der Waals surface area contributed by atoms with Gasteiger partial charge >= 0.3 is 0 Å². The van der Waals surface area contributed by atoms with E-state index < -0.39 is 11.8 Å². The first-order valence-electron chi connectivity index (χ1n) is 7.41. The molecule has 3 rings (SSSR count). The minimum Gasteiger partial charge on any atom is -0.395 e. The number of hydrogen-bond donors (Lipinski definition) is 3. The van der Waals surface area contributed by atoms with Gasteiger partial charge < -0.3 is 15.7 Å². The van der Waals surface area contributed by atoms with E-state index in [1.165, 1.54) is 6.08 Å². The van der Waals surface area contributed by atoms with Crippen molar-refractivity contribution in [2.75, 3.05) is 23.8 Å². The maximum atomic E-state index is 12.2. The van der Waals surface area contributed by atoms with Gasteiger partial charge in [-0.3, -0.25) is 14.5 Å². The summed E-state index contributed by atoms with van der Waals surface area (Å²) in [5.74, 6) is -0.802. The minimum absolute atomic E-state index is 0.0142. The number of aliphatic hydroxyl groups is 1. The number of amides is 2. The van der Waals surface area contributed by atoms with Crippen molar-refractivity contribution in [3.8, 4) is 0 Å². The van der Waals surface area contributed by atoms with Crippen LogP contribution in [0.3, 0.4) is 0 Å². The highest BCUT2D eigenvalue weighted by Gasteiger charge is 2.31. The summed E-state index contributed by atoms with van der Waals surface area (Å²) in [5, 5.41) is 15.4. The van der Waals surface area contributed by atoms with Crippen LogP contribution >= 0.6 is 0 Å². The molecular weight excluding hydrogens is 282 g/mol. The molecule has 1 aromatic carbocycles. The van der Waals surface area contributed by atoms with Crippen molar-refractivity contribution < 1.29 is 14.7 Å². The predicted molar refractivity (Wildman–Crippen MR) is 83.3 cm³/mol. The zero-order valence-corrected chi connectivity index (χ0v) is 12.4. The van der Waals surface area contributed by atoms with Gasteiger partial charge in [0.1, 0.15) is 5.70 Å². The molecule has 1 aromatic rings. The molecule has 0 bridgehead atoms. The van der Waals surface area contributed by atoms with Crippen LogP contribution in [0.1, 0.15) is 18.4 Å². The highest BCUT2D eigenvalue weighted by atomic mass is 16.3. The van der Waals surface area contributed by atoms with Crippen molar-refractivity contribution in [3.63, 3.8) is 0 Å². The van der Waals surface area contributed by atoms with Crippen molar-refractivity contribution in [3.05, 3.63) is 35.5 Å². The number of nitrogens with one attached hydrogen (secondary N) is 2. The van der Waals surface area contributed by atoms with Gasteiger partial charge in [-0.2, -0.15) is 0 Å². The number of benzene rings is 1. The summed E-state index contributed by atoms with van der Waals surface area (Å²) >= 11 is 0. The number of aliphatic hydroxyl groups excluding tert-OH is 1. The summed E-state index contributed by atoms with van der Waals surface area (Å²) in [4.78, 5) is 25.0. The van der Waals surface area contributed by atoms with Crippen molar-refractivity contribution in [1.82, 2.24) is 4.90 Å². The fraction of sp³-hybridized carbons (Fsp3) is 0.375. The Morgan fingerprint density at radius 1 is 1.32 bits per heavy atom. The third-order valence-corrected chi connectivity index (χ3v) is 3.80. The van der Waals surface area contributed by atoms with E-state index in [4.69, 9.17) is 5.11 Å². The molecule has 1 aliphatic carbocycles. The Morgan fingerprint density at radius 3 is 2.77 bits per heavy atom. The van der Waals surface area contributed by atoms with Crippen LogP contribution in [0.4, 0.5) is 11.4 Å². The fourth-order valence-corrected chi connectivity index (χ4v) is 2.45. The van der Waals surface area contributed by atoms with Gasteiger partial charge in [-0.25, -0.2) is 0 Å². The monoisotopic (exact) mass is 301 g/mol. The molecule has 0 unspecified atom stereocenters. The smallest absolute Gasteiger partial charge is 0.277 e. The van der Waals surface area contributed by atoms with E-state index in [-0.39, 0.29) is 18.8 Å². The Labute approximate surface area is 128 Å². The maximum Gasteiger partial charge on any atom is 0.277 e. The highest BCUT2D eigenvalue weighted by molar-refractivity contribution is 6.17. The summed E-state index contributed by atoms with van der Waals surface area (Å²) in [7, 11) is 0. The Bertz CT molecular complexity index is 650. The van der Waals surface area contributed by atoms with Crippen LogP contribution in [0.15, 0.2) is 30.0 Å². The summed E-state index contributed by atoms with van der Waals surface area (Å²) in [5.41, 5.74) is 3.07. The number of aryl methyl sites for hydroxylation is 1. The molecule has 6 nitrogen and oxygen atoms in total. The molecule has 2 aliphatic rings. The highest BCUT2D eigenvalue weighted by Crippen LogP contribution is 2.33. The molecule has 3 N–H and O–H groups in total. The molecule has 0 spiro atoms. The van der Waals surface area contributed by atoms with E-state index >= 15 is 0 Å². The molecule has 1 saturated carbocycles. The quantitative estimate of drug-likeness (QED) is 0.688. The molecule has 6 heteroatoms. The lowest BCUT2D eigenvalue weighted by atomic mass is 10.1. The zero-order chi connectivity index (χ0) is 15.7. The van der Waals surface area contributed by atoms with E-state index in [2.05, 4.69) is 10.6 Å². The molecule has 0 atom stereocenters. The van der Waals surface area contributed by atoms with Crippen LogP contribution in [0.5, 0.6) is 0 Å². The van der Waals surface area contributed by atoms with Gasteiger partial charge in [0, 0.05) is 12.1 Å². The summed E-state index contributed by atoms with van der Waals surface area (Å²) < 4.78 is 0. The molecular formula is C16H19N3O3. The minimum atomic E-state index is -0.405. The summed E-state index contributed by atoms with van der Waals surface area (Å²) in [6.45, 7) is 1.78. The van der Waals surface area contributed by atoms with E-state index in [0.29, 0.717) is 6.04 Å². The van der Waals surface area contributed by atoms with E-state index in [1.54, 1.807) is 0 Å². The number of imide groups is 1. The number of carbonyl (C=O) groups is 2. The van der Waals surface area contributed by atoms with Crippen molar-refractivity contribution in [2.24, 2.45) is 0 Å². The molecule has 0 saturated heterocycles. The molecule has 1 aliphatic heterocycles. The first kappa shape index (κ1) is 14.6. The molecule has 1 heterocycles. The lowest BCUT2D eigenvalue weighted by Gasteiger charge is -2.17. The van der Waals surface area contributed by atoms with Crippen LogP contribution in [-0.2, 0) is 9.59 Å². The largest absolute Gasteiger partial charge is 0.395 e. The first-order chi connectivity index (χ1) is 10.6. The Kier molecular flexibility index (Phi) is 3.85. The fourth-order valence-electron chi connectivity index (χ4n) is 2.45. The lowest BCUT2D eigenvalue weighted by Crippen LogP contribution is -2.34. The number of rotatable bonds is 6. The van der Waals surface area contributed by atoms with Crippen LogP contribution in [-0.4, -0.2) is 41.0 Å². The molecule has 0 aromatic heterocycles. The van der Waals surface area contributed by atoms with Gasteiger partial charge in [-0.1, -0.05) is 12.1 Å². The zero-order valence-electron chi connectivity index (χ0n) is 12.4. The van der Waals surface area contributed by atoms with Crippen molar-refractivity contribution in [1.29, 1.82) is 0 Å². The number of para-hydroxylation sites is 1. The Morgan fingerprint density at radius 2 is 2.09 bits per heavy atom. The topological polar surface area (TPSA) is 81.7 Å². The van der Waals surface area contributed by atoms with Gasteiger partial charge in [0.2, 0.25) is 0 Å². The van der Waals surface area contributed by atoms with Crippen molar-refractivity contribution in [2.45, 2.75) is 25.8 Å². The number of anilines is 2. The third-order valence-electron chi connectivity index (χ3n) is 3.80. The third kappa shape index (κ3) is 2.82. The second kappa shape index (κ2) is 5.81. The average molecular weight is 301 g/mol. The molecule has 0 radical (unpaired) electrons. The van der Waals surface area contributed by atoms with E-state index in [9.17, 15) is 9.59 Å². The van der Waals surface area contributed by atoms with E-state index in [0.717, 1.165) is 34.7 Å². The first-order valence-corrected chi connectivity index (χ1v) is 7.41. The Balaban J connectivity index is 1.81. The number of carbonyl (C=O) groups excluding carboxylic acids is 2. The standard InChI is InChI=1S/C16H19N3O3/c1-10-3-2-4-12(15(10)17-11-5-6-11)18-13-9-14(21)19(7-8-20)16(13)22/h2-4,9,11,17-18,20H,5-8H2,1H3. The number of nitrogens with zero attached hydrogens (tertiary/aromatic N) is 1.